The summed E-state index contributed by atoms with van der Waals surface area (Å²) in [7, 11) is 0. The molecule has 0 aromatic rings. The first-order chi connectivity index (χ1) is 7.85. The van der Waals surface area contributed by atoms with Crippen molar-refractivity contribution in [3.8, 4) is 0 Å². The van der Waals surface area contributed by atoms with Crippen LogP contribution in [0.3, 0.4) is 0 Å². The molecule has 0 bridgehead atoms. The third kappa shape index (κ3) is 2.09. The molecule has 0 aromatic carbocycles. The van der Waals surface area contributed by atoms with E-state index in [1.807, 2.05) is 13.8 Å². The van der Waals surface area contributed by atoms with Gasteiger partial charge in [-0.15, -0.1) is 0 Å². The Morgan fingerprint density at radius 1 is 1.24 bits per heavy atom. The first-order valence-corrected chi connectivity index (χ1v) is 5.80. The lowest BCUT2D eigenvalue weighted by Crippen LogP contribution is -2.61. The zero-order valence-electron chi connectivity index (χ0n) is 10.3. The highest BCUT2D eigenvalue weighted by molar-refractivity contribution is 5.87. The summed E-state index contributed by atoms with van der Waals surface area (Å²) in [5.74, 6) is -0.0260. The lowest BCUT2D eigenvalue weighted by atomic mass is 10.1. The summed E-state index contributed by atoms with van der Waals surface area (Å²) in [5, 5.41) is 9.02. The third-order valence-electron chi connectivity index (χ3n) is 3.52. The summed E-state index contributed by atoms with van der Waals surface area (Å²) in [6, 6.07) is -0.272. The molecule has 17 heavy (non-hydrogen) atoms. The van der Waals surface area contributed by atoms with Gasteiger partial charge >= 0.3 is 6.09 Å². The van der Waals surface area contributed by atoms with Crippen molar-refractivity contribution in [3.63, 3.8) is 0 Å². The Balaban J connectivity index is 2.07. The average molecular weight is 242 g/mol. The summed E-state index contributed by atoms with van der Waals surface area (Å²) < 4.78 is 5.15. The van der Waals surface area contributed by atoms with Gasteiger partial charge in [0, 0.05) is 25.2 Å². The zero-order valence-corrected chi connectivity index (χ0v) is 10.3. The van der Waals surface area contributed by atoms with Gasteiger partial charge in [0.2, 0.25) is 0 Å². The molecule has 3 unspecified atom stereocenters. The Bertz CT molecular complexity index is 353. The first-order valence-electron chi connectivity index (χ1n) is 5.80. The molecule has 0 saturated carbocycles. The van der Waals surface area contributed by atoms with E-state index in [4.69, 9.17) is 9.84 Å². The van der Waals surface area contributed by atoms with E-state index in [2.05, 4.69) is 0 Å². The van der Waals surface area contributed by atoms with Crippen LogP contribution in [0.2, 0.25) is 0 Å². The van der Waals surface area contributed by atoms with Crippen LogP contribution < -0.4 is 0 Å². The molecule has 2 rings (SSSR count). The molecule has 6 heteroatoms. The van der Waals surface area contributed by atoms with Crippen LogP contribution in [0.5, 0.6) is 0 Å². The minimum atomic E-state index is -0.926. The van der Waals surface area contributed by atoms with E-state index >= 15 is 0 Å². The van der Waals surface area contributed by atoms with Crippen LogP contribution in [-0.4, -0.2) is 64.3 Å². The summed E-state index contributed by atoms with van der Waals surface area (Å²) in [4.78, 5) is 26.3. The number of rotatable bonds is 1. The average Bonchev–Trinajstić information content (AvgIpc) is 2.99. The number of carbonyl (C=O) groups excluding carboxylic acids is 1. The fraction of sp³-hybridized carbons (Fsp3) is 0.818. The van der Waals surface area contributed by atoms with Gasteiger partial charge < -0.3 is 19.6 Å². The molecule has 0 radical (unpaired) electrons. The second kappa shape index (κ2) is 3.87. The van der Waals surface area contributed by atoms with Gasteiger partial charge in [0.25, 0.3) is 5.91 Å². The van der Waals surface area contributed by atoms with E-state index < -0.39 is 11.7 Å². The van der Waals surface area contributed by atoms with E-state index in [1.165, 1.54) is 4.90 Å². The standard InChI is InChI=1S/C11H18N2O4/c1-7-5-13(10(15)16)8(2)4-12(7)9(14)11(3)6-17-11/h7-8H,4-6H2,1-3H3,(H,15,16). The maximum absolute atomic E-state index is 12.1. The van der Waals surface area contributed by atoms with Gasteiger partial charge in [0.1, 0.15) is 0 Å². The second-order valence-corrected chi connectivity index (χ2v) is 5.11. The Kier molecular flexibility index (Phi) is 2.77. The normalized spacial score (nSPS) is 36.9. The molecule has 2 amide bonds. The van der Waals surface area contributed by atoms with Crippen molar-refractivity contribution in [2.24, 2.45) is 0 Å². The second-order valence-electron chi connectivity index (χ2n) is 5.11. The number of epoxide rings is 1. The SMILES string of the molecule is CC1CN(C(=O)C2(C)CO2)C(C)CN1C(=O)O. The predicted molar refractivity (Wildman–Crippen MR) is 59.7 cm³/mol. The van der Waals surface area contributed by atoms with Crippen LogP contribution in [0.4, 0.5) is 4.79 Å². The highest BCUT2D eigenvalue weighted by atomic mass is 16.6. The van der Waals surface area contributed by atoms with Crippen molar-refractivity contribution in [2.75, 3.05) is 19.7 Å². The fourth-order valence-electron chi connectivity index (χ4n) is 2.21. The number of piperazine rings is 1. The van der Waals surface area contributed by atoms with Crippen molar-refractivity contribution >= 4 is 12.0 Å². The Morgan fingerprint density at radius 3 is 2.18 bits per heavy atom. The molecule has 2 heterocycles. The van der Waals surface area contributed by atoms with Crippen molar-refractivity contribution in [2.45, 2.75) is 38.5 Å². The number of hydrogen-bond donors (Lipinski definition) is 1. The van der Waals surface area contributed by atoms with Gasteiger partial charge in [-0.3, -0.25) is 4.79 Å². The predicted octanol–water partition coefficient (Wildman–Crippen LogP) is 0.374. The zero-order chi connectivity index (χ0) is 12.8. The van der Waals surface area contributed by atoms with Crippen molar-refractivity contribution in [3.05, 3.63) is 0 Å². The minimum Gasteiger partial charge on any atom is -0.465 e. The molecule has 2 aliphatic heterocycles. The number of hydrogen-bond acceptors (Lipinski definition) is 3. The number of carboxylic acid groups (broad SMARTS) is 1. The topological polar surface area (TPSA) is 73.4 Å². The number of carbonyl (C=O) groups is 2. The van der Waals surface area contributed by atoms with E-state index in [1.54, 1.807) is 11.8 Å². The maximum atomic E-state index is 12.1. The van der Waals surface area contributed by atoms with Crippen LogP contribution in [0.15, 0.2) is 0 Å². The van der Waals surface area contributed by atoms with Crippen LogP contribution in [0.25, 0.3) is 0 Å². The lowest BCUT2D eigenvalue weighted by Gasteiger charge is -2.43. The van der Waals surface area contributed by atoms with Crippen molar-refractivity contribution in [1.82, 2.24) is 9.80 Å². The van der Waals surface area contributed by atoms with Gasteiger partial charge in [-0.25, -0.2) is 4.79 Å². The molecule has 3 atom stereocenters. The Morgan fingerprint density at radius 2 is 1.71 bits per heavy atom. The molecular weight excluding hydrogens is 224 g/mol. The van der Waals surface area contributed by atoms with E-state index in [-0.39, 0.29) is 18.0 Å². The van der Waals surface area contributed by atoms with Gasteiger partial charge in [-0.1, -0.05) is 0 Å². The molecule has 0 aliphatic carbocycles. The fourth-order valence-corrected chi connectivity index (χ4v) is 2.21. The summed E-state index contributed by atoms with van der Waals surface area (Å²) in [5.41, 5.74) is -0.667. The summed E-state index contributed by atoms with van der Waals surface area (Å²) >= 11 is 0. The highest BCUT2D eigenvalue weighted by Crippen LogP contribution is 2.30. The van der Waals surface area contributed by atoms with Crippen LogP contribution in [0.1, 0.15) is 20.8 Å². The largest absolute Gasteiger partial charge is 0.465 e. The Labute approximate surface area is 100 Å². The molecule has 96 valence electrons. The van der Waals surface area contributed by atoms with Crippen LogP contribution in [0, 0.1) is 0 Å². The quantitative estimate of drug-likeness (QED) is 0.674. The maximum Gasteiger partial charge on any atom is 0.407 e. The number of ether oxygens (including phenoxy) is 1. The van der Waals surface area contributed by atoms with Crippen LogP contribution in [-0.2, 0) is 9.53 Å². The van der Waals surface area contributed by atoms with Gasteiger partial charge in [0.05, 0.1) is 6.61 Å². The summed E-state index contributed by atoms with van der Waals surface area (Å²) in [6.07, 6.45) is -0.926. The first kappa shape index (κ1) is 12.2. The molecule has 2 aliphatic rings. The molecular formula is C11H18N2O4. The molecule has 1 N–H and O–H groups in total. The molecule has 0 aromatic heterocycles. The smallest absolute Gasteiger partial charge is 0.407 e. The monoisotopic (exact) mass is 242 g/mol. The molecule has 2 saturated heterocycles. The molecule has 0 spiro atoms. The minimum absolute atomic E-state index is 0.0260. The van der Waals surface area contributed by atoms with Crippen LogP contribution >= 0.6 is 0 Å². The van der Waals surface area contributed by atoms with E-state index in [9.17, 15) is 9.59 Å². The highest BCUT2D eigenvalue weighted by Gasteiger charge is 2.51. The van der Waals surface area contributed by atoms with Gasteiger partial charge in [-0.05, 0) is 20.8 Å². The Hall–Kier alpha value is -1.30. The number of nitrogens with zero attached hydrogens (tertiary/aromatic N) is 2. The van der Waals surface area contributed by atoms with E-state index in [0.29, 0.717) is 19.7 Å². The van der Waals surface area contributed by atoms with E-state index in [0.717, 1.165) is 0 Å². The van der Waals surface area contributed by atoms with Crippen molar-refractivity contribution in [1.29, 1.82) is 0 Å². The van der Waals surface area contributed by atoms with Gasteiger partial charge in [0.15, 0.2) is 5.60 Å². The molecule has 6 nitrogen and oxygen atoms in total. The van der Waals surface area contributed by atoms with Gasteiger partial charge in [-0.2, -0.15) is 0 Å². The summed E-state index contributed by atoms with van der Waals surface area (Å²) in [6.45, 7) is 6.72. The number of amides is 2. The van der Waals surface area contributed by atoms with Crippen molar-refractivity contribution < 1.29 is 19.4 Å². The third-order valence-corrected chi connectivity index (χ3v) is 3.52. The lowest BCUT2D eigenvalue weighted by molar-refractivity contribution is -0.141. The molecule has 2 fully saturated rings.